The summed E-state index contributed by atoms with van der Waals surface area (Å²) in [4.78, 5) is 13.7. The Morgan fingerprint density at radius 3 is 2.21 bits per heavy atom. The van der Waals surface area contributed by atoms with E-state index < -0.39 is 22.3 Å². The van der Waals surface area contributed by atoms with E-state index in [1.807, 2.05) is 0 Å². The van der Waals surface area contributed by atoms with E-state index in [2.05, 4.69) is 4.98 Å². The predicted molar refractivity (Wildman–Crippen MR) is 34.7 cm³/mol. The molecule has 0 saturated heterocycles. The number of aromatic nitrogens is 2. The lowest BCUT2D eigenvalue weighted by Crippen LogP contribution is -2.45. The molecule has 0 radical (unpaired) electrons. The molecular formula is C6H3F5N2O. The van der Waals surface area contributed by atoms with Gasteiger partial charge in [0.15, 0.2) is 0 Å². The van der Waals surface area contributed by atoms with Crippen LogP contribution >= 0.6 is 0 Å². The Labute approximate surface area is 73.8 Å². The lowest BCUT2D eigenvalue weighted by atomic mass is 10.5. The third kappa shape index (κ3) is 1.59. The molecule has 0 atom stereocenters. The molecule has 1 aromatic rings. The number of rotatable bonds is 1. The number of halogens is 5. The van der Waals surface area contributed by atoms with Crippen LogP contribution in [0.5, 0.6) is 0 Å². The molecule has 0 N–H and O–H groups in total. The zero-order valence-electron chi connectivity index (χ0n) is 6.42. The van der Waals surface area contributed by atoms with Gasteiger partial charge in [0.05, 0.1) is 0 Å². The van der Waals surface area contributed by atoms with Gasteiger partial charge in [-0.25, -0.2) is 9.55 Å². The summed E-state index contributed by atoms with van der Waals surface area (Å²) in [6.07, 6.45) is -4.86. The Bertz CT molecular complexity index is 382. The number of alkyl halides is 5. The lowest BCUT2D eigenvalue weighted by Gasteiger charge is -2.20. The maximum Gasteiger partial charge on any atom is 0.475 e. The van der Waals surface area contributed by atoms with Gasteiger partial charge in [-0.05, 0) is 0 Å². The van der Waals surface area contributed by atoms with Crippen molar-refractivity contribution in [2.45, 2.75) is 12.2 Å². The summed E-state index contributed by atoms with van der Waals surface area (Å²) in [6, 6.07) is -4.72. The van der Waals surface area contributed by atoms with Crippen LogP contribution in [0.25, 0.3) is 0 Å². The van der Waals surface area contributed by atoms with E-state index in [1.54, 1.807) is 0 Å². The van der Waals surface area contributed by atoms with Crippen molar-refractivity contribution in [2.75, 3.05) is 0 Å². The minimum atomic E-state index is -5.82. The van der Waals surface area contributed by atoms with Gasteiger partial charge in [-0.2, -0.15) is 22.0 Å². The first-order chi connectivity index (χ1) is 6.27. The molecular weight excluding hydrogens is 211 g/mol. The van der Waals surface area contributed by atoms with Gasteiger partial charge in [-0.3, -0.25) is 4.79 Å². The van der Waals surface area contributed by atoms with Crippen molar-refractivity contribution >= 4 is 0 Å². The highest BCUT2D eigenvalue weighted by molar-refractivity contribution is 4.87. The number of hydrogen-bond acceptors (Lipinski definition) is 2. The Morgan fingerprint density at radius 1 is 1.21 bits per heavy atom. The average molecular weight is 214 g/mol. The van der Waals surface area contributed by atoms with Crippen LogP contribution in [0.3, 0.4) is 0 Å². The molecule has 0 bridgehead atoms. The summed E-state index contributed by atoms with van der Waals surface area (Å²) >= 11 is 0. The second-order valence-electron chi connectivity index (χ2n) is 2.33. The molecule has 0 fully saturated rings. The first kappa shape index (κ1) is 10.6. The lowest BCUT2D eigenvalue weighted by molar-refractivity contribution is -0.325. The van der Waals surface area contributed by atoms with Gasteiger partial charge in [-0.1, -0.05) is 0 Å². The number of hydrogen-bond donors (Lipinski definition) is 0. The highest BCUT2D eigenvalue weighted by Crippen LogP contribution is 2.38. The zero-order chi connectivity index (χ0) is 11.0. The normalized spacial score (nSPS) is 12.9. The molecule has 1 heterocycles. The second kappa shape index (κ2) is 3.03. The van der Waals surface area contributed by atoms with Crippen LogP contribution in [-0.4, -0.2) is 15.7 Å². The van der Waals surface area contributed by atoms with E-state index in [1.165, 1.54) is 0 Å². The molecule has 0 amide bonds. The molecule has 0 unspecified atom stereocenters. The van der Waals surface area contributed by atoms with Crippen molar-refractivity contribution in [3.63, 3.8) is 0 Å². The molecule has 0 aliphatic carbocycles. The molecule has 0 aromatic carbocycles. The highest BCUT2D eigenvalue weighted by atomic mass is 19.4. The highest BCUT2D eigenvalue weighted by Gasteiger charge is 2.60. The zero-order valence-corrected chi connectivity index (χ0v) is 6.42. The Balaban J connectivity index is 3.31. The van der Waals surface area contributed by atoms with E-state index >= 15 is 0 Å². The maximum atomic E-state index is 12.5. The smallest absolute Gasteiger partial charge is 0.269 e. The second-order valence-corrected chi connectivity index (χ2v) is 2.33. The minimum Gasteiger partial charge on any atom is -0.269 e. The van der Waals surface area contributed by atoms with Crippen molar-refractivity contribution in [3.05, 3.63) is 28.9 Å². The van der Waals surface area contributed by atoms with E-state index in [4.69, 9.17) is 0 Å². The largest absolute Gasteiger partial charge is 0.475 e. The van der Waals surface area contributed by atoms with Gasteiger partial charge in [0, 0.05) is 12.3 Å². The summed E-state index contributed by atoms with van der Waals surface area (Å²) in [5, 5.41) is 0. The van der Waals surface area contributed by atoms with Crippen molar-refractivity contribution in [1.29, 1.82) is 0 Å². The summed E-state index contributed by atoms with van der Waals surface area (Å²) in [5.74, 6) is 0. The van der Waals surface area contributed by atoms with Crippen LogP contribution in [0.4, 0.5) is 22.0 Å². The first-order valence-electron chi connectivity index (χ1n) is 3.24. The quantitative estimate of drug-likeness (QED) is 0.661. The third-order valence-corrected chi connectivity index (χ3v) is 1.37. The monoisotopic (exact) mass is 214 g/mol. The molecule has 1 rings (SSSR count). The fourth-order valence-electron chi connectivity index (χ4n) is 0.697. The van der Waals surface area contributed by atoms with Crippen LogP contribution < -0.4 is 5.56 Å². The van der Waals surface area contributed by atoms with Crippen molar-refractivity contribution in [2.24, 2.45) is 0 Å². The summed E-state index contributed by atoms with van der Waals surface area (Å²) in [7, 11) is 0. The standard InChI is InChI=1S/C6H3F5N2O/c7-5(8,9)6(10,11)13-3-12-2-1-4(13)14/h1-3H. The number of nitrogens with zero attached hydrogens (tertiary/aromatic N) is 2. The van der Waals surface area contributed by atoms with Crippen LogP contribution in [0.15, 0.2) is 23.4 Å². The fourth-order valence-corrected chi connectivity index (χ4v) is 0.697. The molecule has 0 spiro atoms. The van der Waals surface area contributed by atoms with Gasteiger partial charge >= 0.3 is 12.2 Å². The van der Waals surface area contributed by atoms with E-state index in [0.717, 1.165) is 6.20 Å². The fraction of sp³-hybridized carbons (Fsp3) is 0.333. The molecule has 78 valence electrons. The molecule has 0 saturated carbocycles. The summed E-state index contributed by atoms with van der Waals surface area (Å²) < 4.78 is 59.6. The topological polar surface area (TPSA) is 34.9 Å². The van der Waals surface area contributed by atoms with Gasteiger partial charge in [0.1, 0.15) is 6.33 Å². The van der Waals surface area contributed by atoms with Crippen LogP contribution in [0, 0.1) is 0 Å². The molecule has 8 heteroatoms. The van der Waals surface area contributed by atoms with Crippen molar-refractivity contribution in [1.82, 2.24) is 9.55 Å². The van der Waals surface area contributed by atoms with Crippen LogP contribution in [-0.2, 0) is 6.05 Å². The van der Waals surface area contributed by atoms with E-state index in [9.17, 15) is 26.7 Å². The predicted octanol–water partition coefficient (Wildman–Crippen LogP) is 1.35. The maximum absolute atomic E-state index is 12.5. The summed E-state index contributed by atoms with van der Waals surface area (Å²) in [6.45, 7) is 0. The molecule has 0 aliphatic heterocycles. The average Bonchev–Trinajstić information content (AvgIpc) is 2.02. The van der Waals surface area contributed by atoms with Crippen LogP contribution in [0.2, 0.25) is 0 Å². The SMILES string of the molecule is O=c1ccncn1C(F)(F)C(F)(F)F. The van der Waals surface area contributed by atoms with Gasteiger partial charge in [-0.15, -0.1) is 0 Å². The van der Waals surface area contributed by atoms with E-state index in [-0.39, 0.29) is 6.33 Å². The van der Waals surface area contributed by atoms with Gasteiger partial charge in [0.25, 0.3) is 5.56 Å². The molecule has 0 aliphatic rings. The van der Waals surface area contributed by atoms with Gasteiger partial charge < -0.3 is 0 Å². The minimum absolute atomic E-state index is 0.135. The van der Waals surface area contributed by atoms with E-state index in [0.29, 0.717) is 6.07 Å². The third-order valence-electron chi connectivity index (χ3n) is 1.37. The Hall–Kier alpha value is -1.47. The van der Waals surface area contributed by atoms with Gasteiger partial charge in [0.2, 0.25) is 0 Å². The van der Waals surface area contributed by atoms with Crippen molar-refractivity contribution in [3.8, 4) is 0 Å². The summed E-state index contributed by atoms with van der Waals surface area (Å²) in [5.41, 5.74) is -1.47. The molecule has 3 nitrogen and oxygen atoms in total. The molecule has 14 heavy (non-hydrogen) atoms. The first-order valence-corrected chi connectivity index (χ1v) is 3.24. The Kier molecular flexibility index (Phi) is 2.30. The Morgan fingerprint density at radius 2 is 1.79 bits per heavy atom. The molecule has 1 aromatic heterocycles. The van der Waals surface area contributed by atoms with Crippen molar-refractivity contribution < 1.29 is 22.0 Å². The van der Waals surface area contributed by atoms with Crippen LogP contribution in [0.1, 0.15) is 0 Å².